The molecule has 6 rings (SSSR count). The molecule has 3 nitrogen and oxygen atoms in total. The van der Waals surface area contributed by atoms with Gasteiger partial charge in [-0.05, 0) is 49.9 Å². The molecule has 2 atom stereocenters. The van der Waals surface area contributed by atoms with Crippen LogP contribution >= 0.6 is 0 Å². The van der Waals surface area contributed by atoms with E-state index >= 15 is 0 Å². The SMILES string of the molecule is CCC1(C)[n+]2c3ccccc3n3c(C(C)(C)C)cc4nc5cc(c4c32)C1(C)CCC5(C)C. The van der Waals surface area contributed by atoms with Crippen molar-refractivity contribution < 1.29 is 4.57 Å². The van der Waals surface area contributed by atoms with Gasteiger partial charge in [0.15, 0.2) is 11.0 Å². The highest BCUT2D eigenvalue weighted by molar-refractivity contribution is 5.98. The van der Waals surface area contributed by atoms with Crippen LogP contribution < -0.4 is 4.57 Å². The normalized spacial score (nSPS) is 26.5. The second-order valence-corrected chi connectivity index (χ2v) is 12.4. The Morgan fingerprint density at radius 1 is 1.03 bits per heavy atom. The first-order valence-corrected chi connectivity index (χ1v) is 12.3. The summed E-state index contributed by atoms with van der Waals surface area (Å²) in [7, 11) is 0. The van der Waals surface area contributed by atoms with Crippen LogP contribution in [0.15, 0.2) is 36.4 Å². The highest BCUT2D eigenvalue weighted by Crippen LogP contribution is 2.54. The quantitative estimate of drug-likeness (QED) is 0.311. The molecule has 0 amide bonds. The summed E-state index contributed by atoms with van der Waals surface area (Å²) in [6.45, 7) is 19.2. The van der Waals surface area contributed by atoms with E-state index in [0.717, 1.165) is 12.8 Å². The fourth-order valence-electron chi connectivity index (χ4n) is 6.75. The van der Waals surface area contributed by atoms with Gasteiger partial charge in [-0.25, -0.2) is 4.57 Å². The molecule has 3 aromatic heterocycles. The maximum absolute atomic E-state index is 5.35. The zero-order valence-corrected chi connectivity index (χ0v) is 20.9. The first-order valence-electron chi connectivity index (χ1n) is 12.3. The molecule has 4 aromatic rings. The van der Waals surface area contributed by atoms with Gasteiger partial charge in [-0.15, -0.1) is 0 Å². The van der Waals surface area contributed by atoms with Crippen molar-refractivity contribution in [2.45, 2.75) is 96.4 Å². The van der Waals surface area contributed by atoms with Gasteiger partial charge >= 0.3 is 0 Å². The third kappa shape index (κ3) is 2.13. The molecule has 166 valence electrons. The lowest BCUT2D eigenvalue weighted by molar-refractivity contribution is -0.728. The van der Waals surface area contributed by atoms with E-state index in [2.05, 4.69) is 101 Å². The van der Waals surface area contributed by atoms with Crippen LogP contribution in [0.3, 0.4) is 0 Å². The summed E-state index contributed by atoms with van der Waals surface area (Å²) in [5.41, 5.74) is 9.40. The van der Waals surface area contributed by atoms with E-state index < -0.39 is 0 Å². The fourth-order valence-corrected chi connectivity index (χ4v) is 6.75. The lowest BCUT2D eigenvalue weighted by atomic mass is 9.61. The number of nitrogens with zero attached hydrogens (tertiary/aromatic N) is 3. The Hall–Kier alpha value is -2.42. The molecule has 1 aliphatic heterocycles. The zero-order valence-electron chi connectivity index (χ0n) is 20.9. The van der Waals surface area contributed by atoms with E-state index in [1.807, 2.05) is 0 Å². The number of pyridine rings is 2. The predicted molar refractivity (Wildman–Crippen MR) is 133 cm³/mol. The van der Waals surface area contributed by atoms with Crippen LogP contribution in [0.25, 0.3) is 27.6 Å². The van der Waals surface area contributed by atoms with Gasteiger partial charge in [0.2, 0.25) is 0 Å². The lowest BCUT2D eigenvalue weighted by Crippen LogP contribution is -2.66. The van der Waals surface area contributed by atoms with E-state index in [-0.39, 0.29) is 21.8 Å². The maximum atomic E-state index is 5.35. The van der Waals surface area contributed by atoms with E-state index in [1.54, 1.807) is 0 Å². The number of fused-ring (bicyclic) bond motifs is 4. The summed E-state index contributed by atoms with van der Waals surface area (Å²) in [5, 5.41) is 1.36. The molecule has 0 radical (unpaired) electrons. The van der Waals surface area contributed by atoms with Gasteiger partial charge in [-0.3, -0.25) is 4.98 Å². The highest BCUT2D eigenvalue weighted by atomic mass is 15.2. The van der Waals surface area contributed by atoms with Crippen LogP contribution in [0.2, 0.25) is 0 Å². The molecule has 3 heteroatoms. The number of imidazole rings is 1. The summed E-state index contributed by atoms with van der Waals surface area (Å²) in [5.74, 6) is 0. The van der Waals surface area contributed by atoms with Gasteiger partial charge in [0.05, 0.1) is 10.9 Å². The first kappa shape index (κ1) is 20.2. The standard InChI is InChI=1S/C29H36N3/c1-9-29(8)28(7)15-14-27(5,6)22-16-18(28)24-19(30-22)17-23(26(2,3)4)31-20-12-10-11-13-21(20)32(29)25(24)31/h10-13,16-17H,9,14-15H2,1-8H3/q+1. The van der Waals surface area contributed by atoms with E-state index in [0.29, 0.717) is 0 Å². The average Bonchev–Trinajstić information content (AvgIpc) is 3.06. The molecule has 4 heterocycles. The number of hydrogen-bond acceptors (Lipinski definition) is 1. The molecule has 0 spiro atoms. The predicted octanol–water partition coefficient (Wildman–Crippen LogP) is 6.69. The van der Waals surface area contributed by atoms with Crippen molar-refractivity contribution in [3.8, 4) is 0 Å². The van der Waals surface area contributed by atoms with Crippen LogP contribution in [0.4, 0.5) is 0 Å². The minimum Gasteiger partial charge on any atom is -0.252 e. The molecule has 0 saturated heterocycles. The molecule has 2 aliphatic rings. The van der Waals surface area contributed by atoms with Gasteiger partial charge in [0, 0.05) is 28.0 Å². The maximum Gasteiger partial charge on any atom is 0.297 e. The molecule has 1 aliphatic carbocycles. The van der Waals surface area contributed by atoms with E-state index in [4.69, 9.17) is 4.98 Å². The third-order valence-corrected chi connectivity index (χ3v) is 9.25. The lowest BCUT2D eigenvalue weighted by Gasteiger charge is -2.47. The molecule has 2 unspecified atom stereocenters. The second kappa shape index (κ2) is 5.73. The Labute approximate surface area is 191 Å². The van der Waals surface area contributed by atoms with Gasteiger partial charge in [-0.1, -0.05) is 60.6 Å². The smallest absolute Gasteiger partial charge is 0.252 e. The van der Waals surface area contributed by atoms with Gasteiger partial charge in [0.25, 0.3) is 5.65 Å². The number of benzene rings is 1. The Bertz CT molecular complexity index is 1450. The molecule has 0 saturated carbocycles. The summed E-state index contributed by atoms with van der Waals surface area (Å²) in [4.78, 5) is 5.35. The average molecular weight is 427 g/mol. The summed E-state index contributed by atoms with van der Waals surface area (Å²) in [6, 6.07) is 13.9. The van der Waals surface area contributed by atoms with Crippen LogP contribution in [0.5, 0.6) is 0 Å². The van der Waals surface area contributed by atoms with Crippen molar-refractivity contribution in [2.75, 3.05) is 0 Å². The number of aromatic nitrogens is 3. The molecule has 0 N–H and O–H groups in total. The van der Waals surface area contributed by atoms with Crippen LogP contribution in [-0.2, 0) is 21.8 Å². The number of hydrogen-bond donors (Lipinski definition) is 0. The Balaban J connectivity index is 1.99. The van der Waals surface area contributed by atoms with Crippen molar-refractivity contribution in [3.05, 3.63) is 53.3 Å². The molecular weight excluding hydrogens is 390 g/mol. The minimum atomic E-state index is -0.0170. The van der Waals surface area contributed by atoms with Crippen molar-refractivity contribution in [3.63, 3.8) is 0 Å². The van der Waals surface area contributed by atoms with Gasteiger partial charge in [0.1, 0.15) is 11.2 Å². The summed E-state index contributed by atoms with van der Waals surface area (Å²) < 4.78 is 5.26. The van der Waals surface area contributed by atoms with E-state index in [9.17, 15) is 0 Å². The van der Waals surface area contributed by atoms with Crippen molar-refractivity contribution >= 4 is 27.6 Å². The largest absolute Gasteiger partial charge is 0.297 e. The molecule has 1 aromatic carbocycles. The Morgan fingerprint density at radius 3 is 2.44 bits per heavy atom. The third-order valence-electron chi connectivity index (χ3n) is 9.25. The van der Waals surface area contributed by atoms with Crippen LogP contribution in [-0.4, -0.2) is 9.38 Å². The zero-order chi connectivity index (χ0) is 22.8. The van der Waals surface area contributed by atoms with Crippen molar-refractivity contribution in [1.82, 2.24) is 9.38 Å². The number of para-hydroxylation sites is 2. The van der Waals surface area contributed by atoms with Crippen molar-refractivity contribution in [1.29, 1.82) is 0 Å². The number of rotatable bonds is 1. The molecular formula is C29H36N3+. The Kier molecular flexibility index (Phi) is 3.62. The van der Waals surface area contributed by atoms with Gasteiger partial charge in [-0.2, -0.15) is 4.40 Å². The molecule has 2 bridgehead atoms. The molecule has 0 fully saturated rings. The topological polar surface area (TPSA) is 21.2 Å². The van der Waals surface area contributed by atoms with Gasteiger partial charge < -0.3 is 0 Å². The van der Waals surface area contributed by atoms with Crippen LogP contribution in [0.1, 0.15) is 91.6 Å². The minimum absolute atomic E-state index is 0.00469. The first-order chi connectivity index (χ1) is 14.9. The summed E-state index contributed by atoms with van der Waals surface area (Å²) in [6.07, 6.45) is 3.42. The van der Waals surface area contributed by atoms with Crippen molar-refractivity contribution in [2.24, 2.45) is 0 Å². The second-order valence-electron chi connectivity index (χ2n) is 12.4. The highest BCUT2D eigenvalue weighted by Gasteiger charge is 2.57. The summed E-state index contributed by atoms with van der Waals surface area (Å²) >= 11 is 0. The monoisotopic (exact) mass is 426 g/mol. The van der Waals surface area contributed by atoms with Crippen LogP contribution in [0, 0.1) is 0 Å². The van der Waals surface area contributed by atoms with E-state index in [1.165, 1.54) is 51.0 Å². The fraction of sp³-hybridized carbons (Fsp3) is 0.517. The molecule has 32 heavy (non-hydrogen) atoms. The Morgan fingerprint density at radius 2 is 1.75 bits per heavy atom.